The molecule has 0 aliphatic carbocycles. The van der Waals surface area contributed by atoms with Crippen LogP contribution in [0.5, 0.6) is 0 Å². The van der Waals surface area contributed by atoms with E-state index in [9.17, 15) is 0 Å². The number of benzene rings is 1. The van der Waals surface area contributed by atoms with Crippen LogP contribution in [0.4, 0.5) is 0 Å². The van der Waals surface area contributed by atoms with Crippen LogP contribution in [0.2, 0.25) is 5.02 Å². The summed E-state index contributed by atoms with van der Waals surface area (Å²) in [6.45, 7) is 4.93. The van der Waals surface area contributed by atoms with Crippen LogP contribution >= 0.6 is 43.5 Å². The molecule has 1 heterocycles. The highest BCUT2D eigenvalue weighted by Crippen LogP contribution is 2.25. The fraction of sp³-hybridized carbons (Fsp3) is 0.438. The van der Waals surface area contributed by atoms with Crippen molar-refractivity contribution in [1.82, 2.24) is 9.78 Å². The molecule has 2 aromatic rings. The molecule has 0 saturated carbocycles. The Labute approximate surface area is 148 Å². The van der Waals surface area contributed by atoms with Crippen LogP contribution < -0.4 is 0 Å². The van der Waals surface area contributed by atoms with Gasteiger partial charge in [-0.05, 0) is 50.3 Å². The zero-order chi connectivity index (χ0) is 15.4. The molecule has 0 aliphatic heterocycles. The van der Waals surface area contributed by atoms with Gasteiger partial charge in [0.05, 0.1) is 16.4 Å². The Morgan fingerprint density at radius 3 is 2.48 bits per heavy atom. The van der Waals surface area contributed by atoms with Gasteiger partial charge in [0.1, 0.15) is 0 Å². The minimum atomic E-state index is 0.505. The molecule has 0 aliphatic rings. The molecule has 0 radical (unpaired) electrons. The summed E-state index contributed by atoms with van der Waals surface area (Å²) in [6.07, 6.45) is 1.97. The van der Waals surface area contributed by atoms with Gasteiger partial charge in [-0.2, -0.15) is 5.10 Å². The molecule has 1 aromatic heterocycles. The number of nitrogens with zero attached hydrogens (tertiary/aromatic N) is 2. The Balaban J connectivity index is 2.14. The van der Waals surface area contributed by atoms with Crippen molar-refractivity contribution in [2.24, 2.45) is 5.92 Å². The molecule has 1 aromatic carbocycles. The third-order valence-corrected chi connectivity index (χ3v) is 5.53. The van der Waals surface area contributed by atoms with Gasteiger partial charge in [-0.3, -0.25) is 4.68 Å². The molecule has 5 heteroatoms. The zero-order valence-electron chi connectivity index (χ0n) is 12.2. The van der Waals surface area contributed by atoms with E-state index in [4.69, 9.17) is 11.6 Å². The van der Waals surface area contributed by atoms with Crippen LogP contribution in [-0.2, 0) is 19.4 Å². The number of aryl methyl sites for hydroxylation is 2. The van der Waals surface area contributed by atoms with Gasteiger partial charge in [-0.15, -0.1) is 0 Å². The molecule has 0 N–H and O–H groups in total. The maximum Gasteiger partial charge on any atom is 0.0847 e. The van der Waals surface area contributed by atoms with Crippen molar-refractivity contribution >= 4 is 43.5 Å². The standard InChI is InChI=1S/C16H19Br2ClN2/c1-3-21-15(16(19)11(2)20-21)9-13(10-17)8-12-4-6-14(18)7-5-12/h4-7,13H,3,8-10H2,1-2H3. The first kappa shape index (κ1) is 17.0. The second-order valence-corrected chi connectivity index (χ2v) is 7.16. The van der Waals surface area contributed by atoms with Gasteiger partial charge in [-0.25, -0.2) is 0 Å². The first-order valence-electron chi connectivity index (χ1n) is 7.07. The Hall–Kier alpha value is -0.320. The van der Waals surface area contributed by atoms with Crippen molar-refractivity contribution in [3.63, 3.8) is 0 Å². The van der Waals surface area contributed by atoms with E-state index in [2.05, 4.69) is 68.1 Å². The molecular formula is C16H19Br2ClN2. The monoisotopic (exact) mass is 432 g/mol. The lowest BCUT2D eigenvalue weighted by Gasteiger charge is -2.15. The third kappa shape index (κ3) is 4.33. The number of alkyl halides is 1. The first-order valence-corrected chi connectivity index (χ1v) is 9.36. The molecule has 2 nitrogen and oxygen atoms in total. The number of halogens is 3. The van der Waals surface area contributed by atoms with Crippen molar-refractivity contribution in [2.45, 2.75) is 33.2 Å². The van der Waals surface area contributed by atoms with Crippen LogP contribution in [-0.4, -0.2) is 15.1 Å². The average molecular weight is 435 g/mol. The van der Waals surface area contributed by atoms with Crippen molar-refractivity contribution in [1.29, 1.82) is 0 Å². The van der Waals surface area contributed by atoms with Gasteiger partial charge in [0.15, 0.2) is 0 Å². The summed E-state index contributed by atoms with van der Waals surface area (Å²) in [4.78, 5) is 0. The predicted octanol–water partition coefficient (Wildman–Crippen LogP) is 5.42. The van der Waals surface area contributed by atoms with E-state index in [1.807, 2.05) is 11.6 Å². The van der Waals surface area contributed by atoms with Crippen molar-refractivity contribution in [3.05, 3.63) is 50.7 Å². The number of aromatic nitrogens is 2. The molecule has 0 amide bonds. The molecule has 1 atom stereocenters. The quantitative estimate of drug-likeness (QED) is 0.555. The van der Waals surface area contributed by atoms with Crippen LogP contribution in [0.15, 0.2) is 28.7 Å². The smallest absolute Gasteiger partial charge is 0.0847 e. The lowest BCUT2D eigenvalue weighted by atomic mass is 9.96. The van der Waals surface area contributed by atoms with E-state index < -0.39 is 0 Å². The van der Waals surface area contributed by atoms with E-state index in [1.165, 1.54) is 5.56 Å². The highest BCUT2D eigenvalue weighted by molar-refractivity contribution is 9.10. The summed E-state index contributed by atoms with van der Waals surface area (Å²) in [6, 6.07) is 8.52. The Bertz CT molecular complexity index is 593. The van der Waals surface area contributed by atoms with Gasteiger partial charge >= 0.3 is 0 Å². The lowest BCUT2D eigenvalue weighted by Crippen LogP contribution is -2.14. The SMILES string of the molecule is CCn1nc(C)c(Cl)c1CC(CBr)Cc1ccc(Br)cc1. The van der Waals surface area contributed by atoms with Crippen molar-refractivity contribution in [2.75, 3.05) is 5.33 Å². The third-order valence-electron chi connectivity index (χ3n) is 3.59. The molecule has 0 bridgehead atoms. The second kappa shape index (κ2) is 7.80. The highest BCUT2D eigenvalue weighted by Gasteiger charge is 2.17. The maximum absolute atomic E-state index is 6.41. The molecular weight excluding hydrogens is 415 g/mol. The second-order valence-electron chi connectivity index (χ2n) is 5.22. The van der Waals surface area contributed by atoms with Crippen LogP contribution in [0.1, 0.15) is 23.9 Å². The molecule has 114 valence electrons. The summed E-state index contributed by atoms with van der Waals surface area (Å²) < 4.78 is 3.14. The fourth-order valence-corrected chi connectivity index (χ4v) is 3.41. The fourth-order valence-electron chi connectivity index (χ4n) is 2.47. The zero-order valence-corrected chi connectivity index (χ0v) is 16.2. The average Bonchev–Trinajstić information content (AvgIpc) is 2.76. The van der Waals surface area contributed by atoms with Gasteiger partial charge in [-0.1, -0.05) is 55.6 Å². The molecule has 0 spiro atoms. The molecule has 0 fully saturated rings. The summed E-state index contributed by atoms with van der Waals surface area (Å²) in [5.74, 6) is 0.505. The lowest BCUT2D eigenvalue weighted by molar-refractivity contribution is 0.536. The minimum Gasteiger partial charge on any atom is -0.268 e. The number of rotatable bonds is 6. The van der Waals surface area contributed by atoms with Crippen LogP contribution in [0.3, 0.4) is 0 Å². The number of hydrogen-bond acceptors (Lipinski definition) is 1. The van der Waals surface area contributed by atoms with Crippen LogP contribution in [0.25, 0.3) is 0 Å². The minimum absolute atomic E-state index is 0.505. The molecule has 1 unspecified atom stereocenters. The summed E-state index contributed by atoms with van der Waals surface area (Å²) in [7, 11) is 0. The van der Waals surface area contributed by atoms with Gasteiger partial charge in [0.2, 0.25) is 0 Å². The number of hydrogen-bond donors (Lipinski definition) is 0. The molecule has 2 rings (SSSR count). The normalized spacial score (nSPS) is 12.6. The van der Waals surface area contributed by atoms with Gasteiger partial charge in [0, 0.05) is 16.3 Å². The Morgan fingerprint density at radius 2 is 1.90 bits per heavy atom. The van der Waals surface area contributed by atoms with Crippen molar-refractivity contribution in [3.8, 4) is 0 Å². The Morgan fingerprint density at radius 1 is 1.24 bits per heavy atom. The van der Waals surface area contributed by atoms with E-state index in [0.29, 0.717) is 5.92 Å². The largest absolute Gasteiger partial charge is 0.268 e. The Kier molecular flexibility index (Phi) is 6.33. The van der Waals surface area contributed by atoms with Gasteiger partial charge < -0.3 is 0 Å². The van der Waals surface area contributed by atoms with E-state index in [1.54, 1.807) is 0 Å². The first-order chi connectivity index (χ1) is 10.0. The molecule has 21 heavy (non-hydrogen) atoms. The van der Waals surface area contributed by atoms with Gasteiger partial charge in [0.25, 0.3) is 0 Å². The van der Waals surface area contributed by atoms with Crippen LogP contribution in [0, 0.1) is 12.8 Å². The summed E-state index contributed by atoms with van der Waals surface area (Å²) in [5, 5.41) is 6.27. The van der Waals surface area contributed by atoms with E-state index >= 15 is 0 Å². The topological polar surface area (TPSA) is 17.8 Å². The highest BCUT2D eigenvalue weighted by atomic mass is 79.9. The predicted molar refractivity (Wildman–Crippen MR) is 96.5 cm³/mol. The van der Waals surface area contributed by atoms with Crippen molar-refractivity contribution < 1.29 is 0 Å². The maximum atomic E-state index is 6.41. The molecule has 0 saturated heterocycles. The summed E-state index contributed by atoms with van der Waals surface area (Å²) in [5.41, 5.74) is 3.42. The summed E-state index contributed by atoms with van der Waals surface area (Å²) >= 11 is 13.5. The van der Waals surface area contributed by atoms with E-state index in [0.717, 1.165) is 45.6 Å². The van der Waals surface area contributed by atoms with E-state index in [-0.39, 0.29) is 0 Å².